The molecule has 2 aliphatic rings. The van der Waals surface area contributed by atoms with E-state index < -0.39 is 0 Å². The van der Waals surface area contributed by atoms with E-state index in [4.69, 9.17) is 0 Å². The van der Waals surface area contributed by atoms with Crippen LogP contribution < -0.4 is 10.6 Å². The van der Waals surface area contributed by atoms with Gasteiger partial charge in [0.15, 0.2) is 0 Å². The lowest BCUT2D eigenvalue weighted by atomic mass is 9.96. The number of hydrogen-bond acceptors (Lipinski definition) is 5. The van der Waals surface area contributed by atoms with Gasteiger partial charge in [0.25, 0.3) is 5.91 Å². The van der Waals surface area contributed by atoms with Crippen molar-refractivity contribution in [1.29, 1.82) is 0 Å². The summed E-state index contributed by atoms with van der Waals surface area (Å²) >= 11 is 0. The number of rotatable bonds is 4. The minimum atomic E-state index is -0.135. The third-order valence-electron chi connectivity index (χ3n) is 5.67. The van der Waals surface area contributed by atoms with E-state index in [1.807, 2.05) is 17.9 Å². The Labute approximate surface area is 158 Å². The van der Waals surface area contributed by atoms with E-state index in [2.05, 4.69) is 20.1 Å². The normalized spacial score (nSPS) is 18.3. The van der Waals surface area contributed by atoms with Crippen molar-refractivity contribution in [2.75, 3.05) is 31.1 Å². The Morgan fingerprint density at radius 1 is 1.22 bits per heavy atom. The smallest absolute Gasteiger partial charge is 0.343 e. The summed E-state index contributed by atoms with van der Waals surface area (Å²) in [5.74, 6) is 2.09. The first-order valence-electron chi connectivity index (χ1n) is 9.82. The zero-order chi connectivity index (χ0) is 18.8. The Hall–Kier alpha value is -2.64. The van der Waals surface area contributed by atoms with Crippen LogP contribution >= 0.6 is 0 Å². The van der Waals surface area contributed by atoms with Crippen LogP contribution in [0.4, 0.5) is 5.82 Å². The molecule has 2 aromatic heterocycles. The van der Waals surface area contributed by atoms with Gasteiger partial charge in [-0.3, -0.25) is 9.36 Å². The van der Waals surface area contributed by atoms with Crippen molar-refractivity contribution in [3.63, 3.8) is 0 Å². The largest absolute Gasteiger partial charge is 0.357 e. The third kappa shape index (κ3) is 3.48. The summed E-state index contributed by atoms with van der Waals surface area (Å²) in [5, 5.41) is 6.79. The molecule has 144 valence electrons. The van der Waals surface area contributed by atoms with Gasteiger partial charge in [0.2, 0.25) is 0 Å². The molecule has 1 amide bonds. The molecule has 0 spiro atoms. The Kier molecular flexibility index (Phi) is 4.96. The number of hydrogen-bond donors (Lipinski definition) is 1. The number of likely N-dealkylation sites (tertiary alicyclic amines) is 1. The predicted octanol–water partition coefficient (Wildman–Crippen LogP) is 1.61. The number of nitrogens with one attached hydrogen (secondary N) is 1. The number of pyridine rings is 1. The Morgan fingerprint density at radius 2 is 1.96 bits per heavy atom. The summed E-state index contributed by atoms with van der Waals surface area (Å²) in [6, 6.07) is 3.72. The second kappa shape index (κ2) is 7.54. The number of amides is 1. The highest BCUT2D eigenvalue weighted by molar-refractivity contribution is 5.95. The second-order valence-corrected chi connectivity index (χ2v) is 7.29. The number of anilines is 1. The molecule has 4 rings (SSSR count). The van der Waals surface area contributed by atoms with Gasteiger partial charge in [-0.25, -0.2) is 14.9 Å². The van der Waals surface area contributed by atoms with E-state index in [-0.39, 0.29) is 17.5 Å². The average Bonchev–Trinajstić information content (AvgIpc) is 3.37. The first-order chi connectivity index (χ1) is 13.2. The van der Waals surface area contributed by atoms with Crippen molar-refractivity contribution in [3.8, 4) is 0 Å². The quantitative estimate of drug-likeness (QED) is 0.883. The van der Waals surface area contributed by atoms with Gasteiger partial charge in [-0.05, 0) is 44.7 Å². The molecule has 8 heteroatoms. The van der Waals surface area contributed by atoms with Crippen LogP contribution in [-0.2, 0) is 6.54 Å². The molecular formula is C19H26N6O2. The van der Waals surface area contributed by atoms with Crippen LogP contribution in [0.3, 0.4) is 0 Å². The summed E-state index contributed by atoms with van der Waals surface area (Å²) in [6.45, 7) is 5.97. The summed E-state index contributed by atoms with van der Waals surface area (Å²) in [7, 11) is 0. The lowest BCUT2D eigenvalue weighted by molar-refractivity contribution is 0.0792. The van der Waals surface area contributed by atoms with E-state index in [0.717, 1.165) is 69.1 Å². The topological polar surface area (TPSA) is 87.1 Å². The van der Waals surface area contributed by atoms with Crippen molar-refractivity contribution in [2.45, 2.75) is 45.1 Å². The van der Waals surface area contributed by atoms with Gasteiger partial charge in [0, 0.05) is 50.4 Å². The molecule has 0 unspecified atom stereocenters. The van der Waals surface area contributed by atoms with E-state index in [1.54, 1.807) is 16.8 Å². The first kappa shape index (κ1) is 17.8. The summed E-state index contributed by atoms with van der Waals surface area (Å²) in [4.78, 5) is 33.1. The molecule has 4 heterocycles. The molecule has 0 aromatic carbocycles. The van der Waals surface area contributed by atoms with Crippen molar-refractivity contribution in [1.82, 2.24) is 24.6 Å². The van der Waals surface area contributed by atoms with E-state index in [1.165, 1.54) is 0 Å². The van der Waals surface area contributed by atoms with Gasteiger partial charge in [-0.1, -0.05) is 0 Å². The predicted molar refractivity (Wildman–Crippen MR) is 102 cm³/mol. The van der Waals surface area contributed by atoms with E-state index >= 15 is 0 Å². The van der Waals surface area contributed by atoms with Crippen LogP contribution in [0.5, 0.6) is 0 Å². The number of nitrogens with zero attached hydrogens (tertiary/aromatic N) is 5. The maximum absolute atomic E-state index is 12.6. The van der Waals surface area contributed by atoms with Gasteiger partial charge in [0.1, 0.15) is 11.6 Å². The summed E-state index contributed by atoms with van der Waals surface area (Å²) < 4.78 is 1.72. The van der Waals surface area contributed by atoms with Crippen LogP contribution in [0.15, 0.2) is 23.1 Å². The number of piperidine rings is 1. The number of aromatic nitrogens is 4. The maximum Gasteiger partial charge on any atom is 0.343 e. The van der Waals surface area contributed by atoms with Gasteiger partial charge in [0.05, 0.1) is 0 Å². The number of carbonyl (C=O) groups excluding carboxylic acids is 1. The zero-order valence-electron chi connectivity index (χ0n) is 15.7. The van der Waals surface area contributed by atoms with Crippen molar-refractivity contribution >= 4 is 11.7 Å². The molecule has 2 aromatic rings. The number of aromatic amines is 1. The van der Waals surface area contributed by atoms with Gasteiger partial charge in [-0.2, -0.15) is 5.10 Å². The molecule has 27 heavy (non-hydrogen) atoms. The average molecular weight is 370 g/mol. The third-order valence-corrected chi connectivity index (χ3v) is 5.67. The second-order valence-electron chi connectivity index (χ2n) is 7.29. The van der Waals surface area contributed by atoms with Gasteiger partial charge >= 0.3 is 5.69 Å². The zero-order valence-corrected chi connectivity index (χ0v) is 15.7. The monoisotopic (exact) mass is 370 g/mol. The molecule has 1 N–H and O–H groups in total. The van der Waals surface area contributed by atoms with Crippen LogP contribution in [0.25, 0.3) is 0 Å². The number of carbonyl (C=O) groups is 1. The summed E-state index contributed by atoms with van der Waals surface area (Å²) in [6.07, 6.45) is 5.74. The molecule has 0 radical (unpaired) electrons. The van der Waals surface area contributed by atoms with E-state index in [9.17, 15) is 9.59 Å². The van der Waals surface area contributed by atoms with Crippen LogP contribution in [0, 0.1) is 0 Å². The maximum atomic E-state index is 12.6. The molecule has 0 saturated carbocycles. The van der Waals surface area contributed by atoms with Crippen molar-refractivity contribution < 1.29 is 4.79 Å². The highest BCUT2D eigenvalue weighted by Gasteiger charge is 2.26. The number of H-pyrrole nitrogens is 1. The highest BCUT2D eigenvalue weighted by atomic mass is 16.2. The van der Waals surface area contributed by atoms with E-state index in [0.29, 0.717) is 6.54 Å². The Bertz CT molecular complexity index is 859. The molecular weight excluding hydrogens is 344 g/mol. The van der Waals surface area contributed by atoms with Gasteiger partial charge in [-0.15, -0.1) is 0 Å². The molecule has 2 aliphatic heterocycles. The Balaban J connectivity index is 1.44. The highest BCUT2D eigenvalue weighted by Crippen LogP contribution is 2.28. The molecule has 0 bridgehead atoms. The standard InChI is InChI=1S/C19H26N6O2/c1-2-25-17(21-22-19(25)27)14-6-11-23(12-7-14)16-13-15(5-8-20-16)18(26)24-9-3-4-10-24/h5,8,13-14H,2-4,6-7,9-12H2,1H3,(H,22,27). The fourth-order valence-electron chi connectivity index (χ4n) is 4.14. The molecule has 2 fully saturated rings. The van der Waals surface area contributed by atoms with Crippen LogP contribution in [-0.4, -0.2) is 56.7 Å². The van der Waals surface area contributed by atoms with Crippen molar-refractivity contribution in [2.24, 2.45) is 0 Å². The minimum Gasteiger partial charge on any atom is -0.357 e. The first-order valence-corrected chi connectivity index (χ1v) is 9.82. The SMILES string of the molecule is CCn1c(C2CCN(c3cc(C(=O)N4CCCC4)ccn3)CC2)n[nH]c1=O. The lowest BCUT2D eigenvalue weighted by Gasteiger charge is -2.32. The summed E-state index contributed by atoms with van der Waals surface area (Å²) in [5.41, 5.74) is 0.584. The van der Waals surface area contributed by atoms with Crippen LogP contribution in [0.1, 0.15) is 54.7 Å². The lowest BCUT2D eigenvalue weighted by Crippen LogP contribution is -2.35. The minimum absolute atomic E-state index is 0.106. The van der Waals surface area contributed by atoms with Crippen LogP contribution in [0.2, 0.25) is 0 Å². The Morgan fingerprint density at radius 3 is 2.67 bits per heavy atom. The van der Waals surface area contributed by atoms with Gasteiger partial charge < -0.3 is 9.80 Å². The molecule has 2 saturated heterocycles. The fourth-order valence-corrected chi connectivity index (χ4v) is 4.14. The molecule has 0 atom stereocenters. The fraction of sp³-hybridized carbons (Fsp3) is 0.579. The molecule has 8 nitrogen and oxygen atoms in total. The molecule has 0 aliphatic carbocycles. The van der Waals surface area contributed by atoms with Crippen molar-refractivity contribution in [3.05, 3.63) is 40.2 Å².